The molecule has 0 fully saturated rings. The third-order valence-corrected chi connectivity index (χ3v) is 1.39. The van der Waals surface area contributed by atoms with Gasteiger partial charge in [-0.1, -0.05) is 12.1 Å². The first-order valence-corrected chi connectivity index (χ1v) is 3.70. The van der Waals surface area contributed by atoms with E-state index in [1.807, 2.05) is 31.2 Å². The molecule has 11 heavy (non-hydrogen) atoms. The monoisotopic (exact) mass is 151 g/mol. The minimum Gasteiger partial charge on any atom is -0.374 e. The fourth-order valence-corrected chi connectivity index (χ4v) is 0.976. The molecule has 0 aliphatic rings. The second kappa shape index (κ2) is 3.39. The van der Waals surface area contributed by atoms with Crippen LogP contribution in [-0.2, 0) is 0 Å². The number of aliphatic hydroxyl groups is 1. The Hall–Kier alpha value is -1.02. The van der Waals surface area contributed by atoms with Crippen LogP contribution in [0.4, 0.5) is 5.69 Å². The van der Waals surface area contributed by atoms with Crippen LogP contribution in [0, 0.1) is 6.92 Å². The molecule has 0 saturated heterocycles. The summed E-state index contributed by atoms with van der Waals surface area (Å²) < 4.78 is 0. The zero-order valence-electron chi connectivity index (χ0n) is 6.83. The summed E-state index contributed by atoms with van der Waals surface area (Å²) in [4.78, 5) is 0. The van der Waals surface area contributed by atoms with Gasteiger partial charge in [0, 0.05) is 5.69 Å². The van der Waals surface area contributed by atoms with Crippen LogP contribution in [0.1, 0.15) is 12.5 Å². The predicted octanol–water partition coefficient (Wildman–Crippen LogP) is 1.75. The number of anilines is 1. The van der Waals surface area contributed by atoms with Crippen molar-refractivity contribution in [1.29, 1.82) is 0 Å². The van der Waals surface area contributed by atoms with Gasteiger partial charge in [0.25, 0.3) is 0 Å². The van der Waals surface area contributed by atoms with Crippen molar-refractivity contribution in [1.82, 2.24) is 0 Å². The molecule has 0 aliphatic carbocycles. The summed E-state index contributed by atoms with van der Waals surface area (Å²) in [6, 6.07) is 7.90. The first kappa shape index (κ1) is 8.08. The molecule has 0 unspecified atom stereocenters. The van der Waals surface area contributed by atoms with Gasteiger partial charge < -0.3 is 10.4 Å². The Morgan fingerprint density at radius 3 is 2.73 bits per heavy atom. The van der Waals surface area contributed by atoms with Gasteiger partial charge in [-0.2, -0.15) is 0 Å². The molecule has 2 N–H and O–H groups in total. The topological polar surface area (TPSA) is 32.3 Å². The summed E-state index contributed by atoms with van der Waals surface area (Å²) in [5, 5.41) is 11.9. The van der Waals surface area contributed by atoms with Crippen molar-refractivity contribution in [2.24, 2.45) is 0 Å². The number of nitrogens with one attached hydrogen (secondary N) is 1. The van der Waals surface area contributed by atoms with Crippen LogP contribution in [0.5, 0.6) is 0 Å². The molecule has 0 aliphatic heterocycles. The highest BCUT2D eigenvalue weighted by Gasteiger charge is 1.94. The second-order valence-electron chi connectivity index (χ2n) is 2.69. The maximum atomic E-state index is 8.99. The van der Waals surface area contributed by atoms with Gasteiger partial charge >= 0.3 is 0 Å². The fourth-order valence-electron chi connectivity index (χ4n) is 0.976. The second-order valence-corrected chi connectivity index (χ2v) is 2.69. The SMILES string of the molecule is Cc1cccc(N[C@H](C)O)c1. The third kappa shape index (κ3) is 2.60. The van der Waals surface area contributed by atoms with E-state index in [9.17, 15) is 0 Å². The molecule has 1 aromatic rings. The molecule has 1 atom stereocenters. The normalized spacial score (nSPS) is 12.6. The molecule has 0 amide bonds. The minimum atomic E-state index is -0.489. The first-order chi connectivity index (χ1) is 5.18. The number of benzene rings is 1. The molecule has 0 radical (unpaired) electrons. The number of hydrogen-bond donors (Lipinski definition) is 2. The van der Waals surface area contributed by atoms with Crippen molar-refractivity contribution >= 4 is 5.69 Å². The summed E-state index contributed by atoms with van der Waals surface area (Å²) in [7, 11) is 0. The van der Waals surface area contributed by atoms with Gasteiger partial charge in [-0.15, -0.1) is 0 Å². The largest absolute Gasteiger partial charge is 0.374 e. The van der Waals surface area contributed by atoms with E-state index >= 15 is 0 Å². The molecule has 0 aromatic heterocycles. The van der Waals surface area contributed by atoms with Crippen molar-refractivity contribution in [3.05, 3.63) is 29.8 Å². The van der Waals surface area contributed by atoms with Gasteiger partial charge in [-0.05, 0) is 31.5 Å². The molecule has 2 heteroatoms. The predicted molar refractivity (Wildman–Crippen MR) is 46.5 cm³/mol. The molecule has 1 aromatic carbocycles. The Bertz CT molecular complexity index is 233. The maximum absolute atomic E-state index is 8.99. The van der Waals surface area contributed by atoms with Crippen LogP contribution in [0.2, 0.25) is 0 Å². The molecule has 60 valence electrons. The molecule has 0 bridgehead atoms. The number of aryl methyl sites for hydroxylation is 1. The zero-order valence-corrected chi connectivity index (χ0v) is 6.83. The lowest BCUT2D eigenvalue weighted by Crippen LogP contribution is -2.12. The average molecular weight is 151 g/mol. The lowest BCUT2D eigenvalue weighted by molar-refractivity contribution is 0.224. The lowest BCUT2D eigenvalue weighted by Gasteiger charge is -2.08. The Kier molecular flexibility index (Phi) is 2.49. The van der Waals surface area contributed by atoms with E-state index in [-0.39, 0.29) is 0 Å². The summed E-state index contributed by atoms with van der Waals surface area (Å²) in [5.41, 5.74) is 2.15. The molecule has 0 spiro atoms. The summed E-state index contributed by atoms with van der Waals surface area (Å²) >= 11 is 0. The van der Waals surface area contributed by atoms with Crippen LogP contribution < -0.4 is 5.32 Å². The Morgan fingerprint density at radius 1 is 1.45 bits per heavy atom. The highest BCUT2D eigenvalue weighted by Crippen LogP contribution is 2.09. The van der Waals surface area contributed by atoms with E-state index in [2.05, 4.69) is 5.32 Å². The van der Waals surface area contributed by atoms with Gasteiger partial charge in [-0.3, -0.25) is 0 Å². The summed E-state index contributed by atoms with van der Waals surface area (Å²) in [5.74, 6) is 0. The first-order valence-electron chi connectivity index (χ1n) is 3.70. The minimum absolute atomic E-state index is 0.489. The molecular weight excluding hydrogens is 138 g/mol. The van der Waals surface area contributed by atoms with Crippen molar-refractivity contribution in [3.8, 4) is 0 Å². The van der Waals surface area contributed by atoms with Gasteiger partial charge in [-0.25, -0.2) is 0 Å². The fraction of sp³-hybridized carbons (Fsp3) is 0.333. The van der Waals surface area contributed by atoms with Crippen molar-refractivity contribution in [2.45, 2.75) is 20.1 Å². The summed E-state index contributed by atoms with van der Waals surface area (Å²) in [6.45, 7) is 3.72. The van der Waals surface area contributed by atoms with Crippen LogP contribution in [0.25, 0.3) is 0 Å². The third-order valence-electron chi connectivity index (χ3n) is 1.39. The number of hydrogen-bond acceptors (Lipinski definition) is 2. The zero-order chi connectivity index (χ0) is 8.27. The van der Waals surface area contributed by atoms with E-state index in [4.69, 9.17) is 5.11 Å². The van der Waals surface area contributed by atoms with Crippen LogP contribution in [0.15, 0.2) is 24.3 Å². The molecular formula is C9H13NO. The highest BCUT2D eigenvalue weighted by atomic mass is 16.3. The van der Waals surface area contributed by atoms with Gasteiger partial charge in [0.15, 0.2) is 0 Å². The highest BCUT2D eigenvalue weighted by molar-refractivity contribution is 5.45. The van der Waals surface area contributed by atoms with Gasteiger partial charge in [0.05, 0.1) is 0 Å². The summed E-state index contributed by atoms with van der Waals surface area (Å²) in [6.07, 6.45) is -0.489. The maximum Gasteiger partial charge on any atom is 0.121 e. The van der Waals surface area contributed by atoms with Crippen molar-refractivity contribution in [3.63, 3.8) is 0 Å². The number of aliphatic hydroxyl groups excluding tert-OH is 1. The van der Waals surface area contributed by atoms with E-state index < -0.39 is 6.23 Å². The van der Waals surface area contributed by atoms with Crippen LogP contribution in [-0.4, -0.2) is 11.3 Å². The van der Waals surface area contributed by atoms with Crippen molar-refractivity contribution < 1.29 is 5.11 Å². The Morgan fingerprint density at radius 2 is 2.18 bits per heavy atom. The standard InChI is InChI=1S/C9H13NO/c1-7-4-3-5-9(6-7)10-8(2)11/h3-6,8,10-11H,1-2H3/t8-/m0/s1. The van der Waals surface area contributed by atoms with E-state index in [0.29, 0.717) is 0 Å². The number of rotatable bonds is 2. The van der Waals surface area contributed by atoms with E-state index in [1.165, 1.54) is 5.56 Å². The van der Waals surface area contributed by atoms with E-state index in [1.54, 1.807) is 6.92 Å². The molecule has 0 saturated carbocycles. The molecule has 0 heterocycles. The average Bonchev–Trinajstić information content (AvgIpc) is 1.85. The van der Waals surface area contributed by atoms with Crippen LogP contribution in [0.3, 0.4) is 0 Å². The van der Waals surface area contributed by atoms with Gasteiger partial charge in [0.1, 0.15) is 6.23 Å². The van der Waals surface area contributed by atoms with Gasteiger partial charge in [0.2, 0.25) is 0 Å². The Labute approximate surface area is 66.9 Å². The smallest absolute Gasteiger partial charge is 0.121 e. The lowest BCUT2D eigenvalue weighted by atomic mass is 10.2. The molecule has 2 nitrogen and oxygen atoms in total. The van der Waals surface area contributed by atoms with Crippen LogP contribution >= 0.6 is 0 Å². The molecule has 1 rings (SSSR count). The quantitative estimate of drug-likeness (QED) is 0.631. The Balaban J connectivity index is 2.71. The van der Waals surface area contributed by atoms with Crippen molar-refractivity contribution in [2.75, 3.05) is 5.32 Å². The van der Waals surface area contributed by atoms with E-state index in [0.717, 1.165) is 5.69 Å².